The van der Waals surface area contributed by atoms with Gasteiger partial charge in [-0.15, -0.1) is 11.3 Å². The predicted octanol–water partition coefficient (Wildman–Crippen LogP) is 5.15. The molecule has 4 nitrogen and oxygen atoms in total. The average molecular weight is 365 g/mol. The van der Waals surface area contributed by atoms with Crippen LogP contribution in [0.2, 0.25) is 0 Å². The van der Waals surface area contributed by atoms with Gasteiger partial charge in [-0.05, 0) is 37.1 Å². The summed E-state index contributed by atoms with van der Waals surface area (Å²) in [5.74, 6) is -0.680. The van der Waals surface area contributed by atoms with E-state index >= 15 is 0 Å². The minimum Gasteiger partial charge on any atom is -0.462 e. The van der Waals surface area contributed by atoms with E-state index in [0.29, 0.717) is 16.1 Å². The maximum atomic E-state index is 12.7. The molecule has 1 amide bonds. The monoisotopic (exact) mass is 365 g/mol. The number of esters is 1. The summed E-state index contributed by atoms with van der Waals surface area (Å²) in [4.78, 5) is 25.9. The number of nitrogens with one attached hydrogen (secondary N) is 1. The van der Waals surface area contributed by atoms with Crippen LogP contribution in [0.1, 0.15) is 33.2 Å². The Kier molecular flexibility index (Phi) is 5.49. The Bertz CT molecular complexity index is 931. The SMILES string of the molecule is CCOC(=O)c1cc(-c2ccccc2)sc1NC(=O)c1ccccc1C. The van der Waals surface area contributed by atoms with Crippen LogP contribution >= 0.6 is 11.3 Å². The van der Waals surface area contributed by atoms with E-state index in [-0.39, 0.29) is 12.5 Å². The summed E-state index contributed by atoms with van der Waals surface area (Å²) in [6.45, 7) is 3.92. The molecule has 0 atom stereocenters. The first-order valence-electron chi connectivity index (χ1n) is 8.33. The lowest BCUT2D eigenvalue weighted by Crippen LogP contribution is -2.15. The lowest BCUT2D eigenvalue weighted by molar-refractivity contribution is 0.0528. The first kappa shape index (κ1) is 17.9. The van der Waals surface area contributed by atoms with E-state index in [0.717, 1.165) is 16.0 Å². The van der Waals surface area contributed by atoms with Crippen molar-refractivity contribution in [3.8, 4) is 10.4 Å². The van der Waals surface area contributed by atoms with Crippen molar-refractivity contribution >= 4 is 28.2 Å². The molecule has 0 saturated heterocycles. The fourth-order valence-electron chi connectivity index (χ4n) is 2.59. The summed E-state index contributed by atoms with van der Waals surface area (Å²) in [5.41, 5.74) is 2.82. The molecule has 0 bridgehead atoms. The minimum absolute atomic E-state index is 0.241. The van der Waals surface area contributed by atoms with Crippen LogP contribution < -0.4 is 5.32 Å². The fourth-order valence-corrected chi connectivity index (χ4v) is 3.63. The molecule has 3 aromatic rings. The van der Waals surface area contributed by atoms with Gasteiger partial charge in [-0.3, -0.25) is 4.79 Å². The summed E-state index contributed by atoms with van der Waals surface area (Å²) in [6, 6.07) is 18.9. The third-order valence-electron chi connectivity index (χ3n) is 3.90. The van der Waals surface area contributed by atoms with E-state index in [9.17, 15) is 9.59 Å². The Labute approximate surface area is 156 Å². The normalized spacial score (nSPS) is 10.4. The van der Waals surface area contributed by atoms with Gasteiger partial charge in [0.25, 0.3) is 5.91 Å². The molecule has 3 rings (SSSR count). The van der Waals surface area contributed by atoms with Crippen LogP contribution in [0.15, 0.2) is 60.7 Å². The van der Waals surface area contributed by atoms with Gasteiger partial charge in [0, 0.05) is 10.4 Å². The molecule has 0 aliphatic carbocycles. The number of carbonyl (C=O) groups excluding carboxylic acids is 2. The van der Waals surface area contributed by atoms with Gasteiger partial charge in [-0.25, -0.2) is 4.79 Å². The number of benzene rings is 2. The van der Waals surface area contributed by atoms with Gasteiger partial charge in [0.1, 0.15) is 5.00 Å². The molecule has 0 saturated carbocycles. The Hall–Kier alpha value is -2.92. The second kappa shape index (κ2) is 7.97. The number of aryl methyl sites for hydroxylation is 1. The molecule has 132 valence electrons. The Morgan fingerprint density at radius 3 is 2.38 bits per heavy atom. The highest BCUT2D eigenvalue weighted by Gasteiger charge is 2.20. The summed E-state index contributed by atoms with van der Waals surface area (Å²) in [6.07, 6.45) is 0. The number of hydrogen-bond acceptors (Lipinski definition) is 4. The number of ether oxygens (including phenoxy) is 1. The van der Waals surface area contributed by atoms with Crippen molar-refractivity contribution in [2.45, 2.75) is 13.8 Å². The van der Waals surface area contributed by atoms with Gasteiger partial charge in [0.15, 0.2) is 0 Å². The third-order valence-corrected chi connectivity index (χ3v) is 5.00. The Morgan fingerprint density at radius 1 is 1.00 bits per heavy atom. The summed E-state index contributed by atoms with van der Waals surface area (Å²) >= 11 is 1.36. The van der Waals surface area contributed by atoms with Crippen LogP contribution in [0, 0.1) is 6.92 Å². The number of rotatable bonds is 5. The molecule has 0 aliphatic rings. The van der Waals surface area contributed by atoms with Crippen LogP contribution in [0.5, 0.6) is 0 Å². The summed E-state index contributed by atoms with van der Waals surface area (Å²) in [5, 5.41) is 3.37. The van der Waals surface area contributed by atoms with Gasteiger partial charge < -0.3 is 10.1 Å². The van der Waals surface area contributed by atoms with Gasteiger partial charge in [-0.1, -0.05) is 48.5 Å². The number of anilines is 1. The van der Waals surface area contributed by atoms with E-state index in [4.69, 9.17) is 4.74 Å². The topological polar surface area (TPSA) is 55.4 Å². The molecule has 1 heterocycles. The molecule has 0 spiro atoms. The molecule has 0 radical (unpaired) electrons. The van der Waals surface area contributed by atoms with Crippen LogP contribution in [0.3, 0.4) is 0 Å². The molecule has 2 aromatic carbocycles. The average Bonchev–Trinajstić information content (AvgIpc) is 3.07. The number of thiophene rings is 1. The third kappa shape index (κ3) is 3.83. The number of carbonyl (C=O) groups is 2. The molecule has 26 heavy (non-hydrogen) atoms. The minimum atomic E-state index is -0.439. The lowest BCUT2D eigenvalue weighted by Gasteiger charge is -2.07. The first-order chi connectivity index (χ1) is 12.6. The highest BCUT2D eigenvalue weighted by atomic mass is 32.1. The van der Waals surface area contributed by atoms with Crippen molar-refractivity contribution in [3.63, 3.8) is 0 Å². The molecular formula is C21H19NO3S. The van der Waals surface area contributed by atoms with Crippen LogP contribution in [0.4, 0.5) is 5.00 Å². The van der Waals surface area contributed by atoms with Crippen LogP contribution in [-0.4, -0.2) is 18.5 Å². The van der Waals surface area contributed by atoms with Crippen LogP contribution in [-0.2, 0) is 4.74 Å². The second-order valence-electron chi connectivity index (χ2n) is 5.71. The zero-order chi connectivity index (χ0) is 18.5. The molecule has 0 unspecified atom stereocenters. The van der Waals surface area contributed by atoms with E-state index in [1.54, 1.807) is 19.1 Å². The lowest BCUT2D eigenvalue weighted by atomic mass is 10.1. The largest absolute Gasteiger partial charge is 0.462 e. The van der Waals surface area contributed by atoms with Gasteiger partial charge in [-0.2, -0.15) is 0 Å². The van der Waals surface area contributed by atoms with Crippen molar-refractivity contribution in [2.24, 2.45) is 0 Å². The summed E-state index contributed by atoms with van der Waals surface area (Å²) in [7, 11) is 0. The quantitative estimate of drug-likeness (QED) is 0.636. The smallest absolute Gasteiger partial charge is 0.341 e. The maximum absolute atomic E-state index is 12.7. The fraction of sp³-hybridized carbons (Fsp3) is 0.143. The van der Waals surface area contributed by atoms with E-state index in [1.807, 2.05) is 55.5 Å². The zero-order valence-electron chi connectivity index (χ0n) is 14.6. The molecule has 1 aromatic heterocycles. The van der Waals surface area contributed by atoms with E-state index < -0.39 is 5.97 Å². The van der Waals surface area contributed by atoms with Crippen molar-refractivity contribution in [2.75, 3.05) is 11.9 Å². The van der Waals surface area contributed by atoms with Crippen molar-refractivity contribution in [1.82, 2.24) is 0 Å². The molecule has 0 aliphatic heterocycles. The highest BCUT2D eigenvalue weighted by molar-refractivity contribution is 7.20. The van der Waals surface area contributed by atoms with Gasteiger partial charge >= 0.3 is 5.97 Å². The zero-order valence-corrected chi connectivity index (χ0v) is 15.4. The van der Waals surface area contributed by atoms with Gasteiger partial charge in [0.05, 0.1) is 12.2 Å². The Morgan fingerprint density at radius 2 is 1.69 bits per heavy atom. The van der Waals surface area contributed by atoms with Crippen molar-refractivity contribution in [3.05, 3.63) is 77.4 Å². The predicted molar refractivity (Wildman–Crippen MR) is 105 cm³/mol. The molecular weight excluding hydrogens is 346 g/mol. The molecule has 0 fully saturated rings. The van der Waals surface area contributed by atoms with Crippen LogP contribution in [0.25, 0.3) is 10.4 Å². The number of hydrogen-bond donors (Lipinski definition) is 1. The highest BCUT2D eigenvalue weighted by Crippen LogP contribution is 2.36. The molecule has 5 heteroatoms. The van der Waals surface area contributed by atoms with Gasteiger partial charge in [0.2, 0.25) is 0 Å². The van der Waals surface area contributed by atoms with E-state index in [1.165, 1.54) is 11.3 Å². The standard InChI is InChI=1S/C21H19NO3S/c1-3-25-21(24)17-13-18(15-10-5-4-6-11-15)26-20(17)22-19(23)16-12-8-7-9-14(16)2/h4-13H,3H2,1-2H3,(H,22,23). The van der Waals surface area contributed by atoms with Crippen molar-refractivity contribution < 1.29 is 14.3 Å². The number of amides is 1. The van der Waals surface area contributed by atoms with Crippen molar-refractivity contribution in [1.29, 1.82) is 0 Å². The maximum Gasteiger partial charge on any atom is 0.341 e. The second-order valence-corrected chi connectivity index (χ2v) is 6.76. The van der Waals surface area contributed by atoms with E-state index in [2.05, 4.69) is 5.32 Å². The Balaban J connectivity index is 1.96. The molecule has 1 N–H and O–H groups in total. The first-order valence-corrected chi connectivity index (χ1v) is 9.15. The summed E-state index contributed by atoms with van der Waals surface area (Å²) < 4.78 is 5.15.